The fourth-order valence-electron chi connectivity index (χ4n) is 3.75. The topological polar surface area (TPSA) is 72.1 Å². The third-order valence-corrected chi connectivity index (χ3v) is 5.51. The van der Waals surface area contributed by atoms with E-state index in [4.69, 9.17) is 15.2 Å². The van der Waals surface area contributed by atoms with Gasteiger partial charge in [-0.1, -0.05) is 30.7 Å². The van der Waals surface area contributed by atoms with Crippen molar-refractivity contribution < 1.29 is 9.47 Å². The van der Waals surface area contributed by atoms with E-state index in [2.05, 4.69) is 46.4 Å². The lowest BCUT2D eigenvalue weighted by Crippen LogP contribution is -2.37. The molecular weight excluding hydrogens is 364 g/mol. The summed E-state index contributed by atoms with van der Waals surface area (Å²) >= 11 is 0. The number of benzene rings is 2. The minimum Gasteiger partial charge on any atom is -0.493 e. The molecule has 1 aliphatic rings. The van der Waals surface area contributed by atoms with Gasteiger partial charge in [-0.15, -0.1) is 0 Å². The van der Waals surface area contributed by atoms with E-state index < -0.39 is 0 Å². The molecule has 0 radical (unpaired) electrons. The summed E-state index contributed by atoms with van der Waals surface area (Å²) in [5.41, 5.74) is 9.47. The maximum absolute atomic E-state index is 6.13. The Hall–Kier alpha value is -2.73. The molecule has 0 aliphatic carbocycles. The van der Waals surface area contributed by atoms with E-state index in [1.165, 1.54) is 36.9 Å². The molecule has 156 valence electrons. The number of piperidine rings is 1. The van der Waals surface area contributed by atoms with Crippen molar-refractivity contribution in [1.29, 1.82) is 0 Å². The van der Waals surface area contributed by atoms with E-state index in [9.17, 15) is 0 Å². The van der Waals surface area contributed by atoms with Crippen LogP contribution in [-0.2, 0) is 13.1 Å². The van der Waals surface area contributed by atoms with Gasteiger partial charge in [-0.3, -0.25) is 4.90 Å². The van der Waals surface area contributed by atoms with Crippen LogP contribution >= 0.6 is 0 Å². The summed E-state index contributed by atoms with van der Waals surface area (Å²) < 4.78 is 10.6. The molecule has 29 heavy (non-hydrogen) atoms. The van der Waals surface area contributed by atoms with Crippen LogP contribution in [0.15, 0.2) is 47.5 Å². The molecule has 0 amide bonds. The number of ether oxygens (including phenoxy) is 2. The molecule has 0 aromatic heterocycles. The number of likely N-dealkylation sites (tertiary alicyclic amines) is 1. The number of aliphatic imine (C=N–C) groups is 1. The summed E-state index contributed by atoms with van der Waals surface area (Å²) in [6.07, 6.45) is 3.90. The van der Waals surface area contributed by atoms with Crippen LogP contribution in [0.4, 0.5) is 5.69 Å². The van der Waals surface area contributed by atoms with Gasteiger partial charge in [0.2, 0.25) is 0 Å². The van der Waals surface area contributed by atoms with Crippen LogP contribution in [0.3, 0.4) is 0 Å². The van der Waals surface area contributed by atoms with Crippen molar-refractivity contribution in [3.05, 3.63) is 53.6 Å². The highest BCUT2D eigenvalue weighted by molar-refractivity contribution is 5.92. The summed E-state index contributed by atoms with van der Waals surface area (Å²) in [5.74, 6) is 1.69. The smallest absolute Gasteiger partial charge is 0.193 e. The molecule has 1 unspecified atom stereocenters. The van der Waals surface area contributed by atoms with E-state index in [0.717, 1.165) is 12.2 Å². The maximum atomic E-state index is 6.13. The van der Waals surface area contributed by atoms with Crippen molar-refractivity contribution in [2.75, 3.05) is 26.1 Å². The van der Waals surface area contributed by atoms with Gasteiger partial charge < -0.3 is 20.5 Å². The van der Waals surface area contributed by atoms with Gasteiger partial charge in [0.25, 0.3) is 0 Å². The van der Waals surface area contributed by atoms with Crippen molar-refractivity contribution in [2.45, 2.75) is 45.3 Å². The second kappa shape index (κ2) is 10.2. The number of nitrogens with two attached hydrogens (primary N) is 1. The van der Waals surface area contributed by atoms with Gasteiger partial charge in [0.15, 0.2) is 17.5 Å². The highest BCUT2D eigenvalue weighted by Crippen LogP contribution is 2.29. The Morgan fingerprint density at radius 1 is 1.10 bits per heavy atom. The van der Waals surface area contributed by atoms with Crippen LogP contribution < -0.4 is 20.5 Å². The fraction of sp³-hybridized carbons (Fsp3) is 0.435. The molecule has 0 spiro atoms. The molecule has 6 nitrogen and oxygen atoms in total. The van der Waals surface area contributed by atoms with Gasteiger partial charge in [-0.2, -0.15) is 0 Å². The monoisotopic (exact) mass is 396 g/mol. The van der Waals surface area contributed by atoms with Crippen LogP contribution in [0.25, 0.3) is 0 Å². The first-order valence-corrected chi connectivity index (χ1v) is 10.2. The molecule has 2 aromatic carbocycles. The molecule has 1 fully saturated rings. The lowest BCUT2D eigenvalue weighted by atomic mass is 10.0. The van der Waals surface area contributed by atoms with Crippen LogP contribution in [0.5, 0.6) is 11.5 Å². The molecule has 2 aromatic rings. The number of nitrogens with zero attached hydrogens (tertiary/aromatic N) is 2. The molecule has 3 N–H and O–H groups in total. The van der Waals surface area contributed by atoms with Crippen LogP contribution in [0.1, 0.15) is 37.3 Å². The Morgan fingerprint density at radius 2 is 1.86 bits per heavy atom. The highest BCUT2D eigenvalue weighted by atomic mass is 16.5. The van der Waals surface area contributed by atoms with E-state index in [-0.39, 0.29) is 0 Å². The van der Waals surface area contributed by atoms with Crippen LogP contribution in [0.2, 0.25) is 0 Å². The second-order valence-corrected chi connectivity index (χ2v) is 7.48. The summed E-state index contributed by atoms with van der Waals surface area (Å²) in [4.78, 5) is 7.12. The third kappa shape index (κ3) is 5.64. The summed E-state index contributed by atoms with van der Waals surface area (Å²) in [6.45, 7) is 5.01. The van der Waals surface area contributed by atoms with E-state index in [0.29, 0.717) is 30.0 Å². The molecule has 6 heteroatoms. The molecule has 1 aliphatic heterocycles. The summed E-state index contributed by atoms with van der Waals surface area (Å²) in [7, 11) is 3.22. The standard InChI is InChI=1S/C23H32N4O2/c1-17-8-6-7-13-27(17)16-19-10-5-4-9-18(19)15-25-23(24)26-20-11-12-21(28-2)22(14-20)29-3/h4-5,9-12,14,17H,6-8,13,15-16H2,1-3H3,(H3,24,25,26). The van der Waals surface area contributed by atoms with E-state index in [1.54, 1.807) is 14.2 Å². The van der Waals surface area contributed by atoms with Gasteiger partial charge in [0.1, 0.15) is 0 Å². The first-order chi connectivity index (χ1) is 14.1. The third-order valence-electron chi connectivity index (χ3n) is 5.51. The SMILES string of the molecule is COc1ccc(NC(N)=NCc2ccccc2CN2CCCCC2C)cc1OC. The lowest BCUT2D eigenvalue weighted by molar-refractivity contribution is 0.152. The average molecular weight is 397 g/mol. The minimum absolute atomic E-state index is 0.373. The van der Waals surface area contributed by atoms with Gasteiger partial charge >= 0.3 is 0 Å². The largest absolute Gasteiger partial charge is 0.493 e. The van der Waals surface area contributed by atoms with Crippen molar-refractivity contribution in [3.63, 3.8) is 0 Å². The van der Waals surface area contributed by atoms with Gasteiger partial charge in [-0.05, 0) is 49.6 Å². The summed E-state index contributed by atoms with van der Waals surface area (Å²) in [5, 5.41) is 3.13. The quantitative estimate of drug-likeness (QED) is 0.547. The number of rotatable bonds is 7. The molecule has 1 saturated heterocycles. The molecular formula is C23H32N4O2. The Labute approximate surface area is 173 Å². The Morgan fingerprint density at radius 3 is 2.59 bits per heavy atom. The summed E-state index contributed by atoms with van der Waals surface area (Å²) in [6, 6.07) is 14.7. The second-order valence-electron chi connectivity index (χ2n) is 7.48. The van der Waals surface area contributed by atoms with Gasteiger partial charge in [-0.25, -0.2) is 4.99 Å². The minimum atomic E-state index is 0.373. The van der Waals surface area contributed by atoms with Gasteiger partial charge in [0, 0.05) is 24.3 Å². The average Bonchev–Trinajstić information content (AvgIpc) is 2.74. The lowest BCUT2D eigenvalue weighted by Gasteiger charge is -2.33. The maximum Gasteiger partial charge on any atom is 0.193 e. The number of guanidine groups is 1. The zero-order chi connectivity index (χ0) is 20.6. The van der Waals surface area contributed by atoms with Crippen LogP contribution in [-0.4, -0.2) is 37.7 Å². The number of anilines is 1. The number of nitrogens with one attached hydrogen (secondary N) is 1. The molecule has 1 atom stereocenters. The fourth-order valence-corrected chi connectivity index (χ4v) is 3.75. The molecule has 0 saturated carbocycles. The van der Waals surface area contributed by atoms with E-state index >= 15 is 0 Å². The number of hydrogen-bond donors (Lipinski definition) is 2. The first-order valence-electron chi connectivity index (χ1n) is 10.2. The normalized spacial score (nSPS) is 17.8. The van der Waals surface area contributed by atoms with E-state index in [1.807, 2.05) is 18.2 Å². The van der Waals surface area contributed by atoms with Crippen molar-refractivity contribution in [3.8, 4) is 11.5 Å². The van der Waals surface area contributed by atoms with Crippen molar-refractivity contribution in [1.82, 2.24) is 4.90 Å². The predicted molar refractivity (Wildman–Crippen MR) is 119 cm³/mol. The predicted octanol–water partition coefficient (Wildman–Crippen LogP) is 4.01. The highest BCUT2D eigenvalue weighted by Gasteiger charge is 2.19. The molecule has 0 bridgehead atoms. The number of hydrogen-bond acceptors (Lipinski definition) is 4. The molecule has 3 rings (SSSR count). The zero-order valence-electron chi connectivity index (χ0n) is 17.6. The van der Waals surface area contributed by atoms with Crippen molar-refractivity contribution in [2.24, 2.45) is 10.7 Å². The number of methoxy groups -OCH3 is 2. The van der Waals surface area contributed by atoms with Crippen LogP contribution in [0, 0.1) is 0 Å². The van der Waals surface area contributed by atoms with Crippen molar-refractivity contribution >= 4 is 11.6 Å². The Kier molecular flexibility index (Phi) is 7.36. The Balaban J connectivity index is 1.66. The zero-order valence-corrected chi connectivity index (χ0v) is 17.6. The van der Waals surface area contributed by atoms with Gasteiger partial charge in [0.05, 0.1) is 20.8 Å². The Bertz CT molecular complexity index is 837. The molecule has 1 heterocycles. The first kappa shape index (κ1) is 21.0.